The van der Waals surface area contributed by atoms with Crippen LogP contribution in [0.1, 0.15) is 40.0 Å². The summed E-state index contributed by atoms with van der Waals surface area (Å²) in [5, 5.41) is 7.69. The van der Waals surface area contributed by atoms with Crippen molar-refractivity contribution in [3.8, 4) is 5.75 Å². The Morgan fingerprint density at radius 3 is 2.38 bits per heavy atom. The van der Waals surface area contributed by atoms with Gasteiger partial charge in [-0.15, -0.1) is 0 Å². The van der Waals surface area contributed by atoms with Crippen molar-refractivity contribution in [1.29, 1.82) is 5.41 Å². The van der Waals surface area contributed by atoms with Gasteiger partial charge in [-0.1, -0.05) is 41.4 Å². The lowest BCUT2D eigenvalue weighted by Crippen LogP contribution is -2.55. The van der Waals surface area contributed by atoms with Gasteiger partial charge in [0.2, 0.25) is 15.9 Å². The number of piperazine rings is 1. The van der Waals surface area contributed by atoms with Gasteiger partial charge in [-0.25, -0.2) is 13.4 Å². The summed E-state index contributed by atoms with van der Waals surface area (Å²) in [6.07, 6.45) is 2.53. The minimum Gasteiger partial charge on any atom is -0.486 e. The van der Waals surface area contributed by atoms with Gasteiger partial charge in [-0.3, -0.25) is 20.0 Å². The molecule has 0 aliphatic carbocycles. The Morgan fingerprint density at radius 1 is 0.979 bits per heavy atom. The van der Waals surface area contributed by atoms with Crippen LogP contribution in [0.4, 0.5) is 0 Å². The molecule has 1 aromatic heterocycles. The van der Waals surface area contributed by atoms with Crippen molar-refractivity contribution in [3.63, 3.8) is 0 Å². The quantitative estimate of drug-likeness (QED) is 0.203. The van der Waals surface area contributed by atoms with Crippen LogP contribution in [0.2, 0.25) is 10.0 Å². The van der Waals surface area contributed by atoms with Gasteiger partial charge >= 0.3 is 0 Å². The fourth-order valence-electron chi connectivity index (χ4n) is 5.99. The number of nitrogens with one attached hydrogen (secondary N) is 1. The molecule has 1 unspecified atom stereocenters. The molecule has 4 aromatic rings. The van der Waals surface area contributed by atoms with Gasteiger partial charge < -0.3 is 20.3 Å². The molecule has 0 spiro atoms. The number of fused-ring (bicyclic) bond motifs is 1. The molecule has 12 nitrogen and oxygen atoms in total. The number of nitrogens with two attached hydrogens (primary N) is 1. The monoisotopic (exact) mass is 709 g/mol. The predicted octanol–water partition coefficient (Wildman–Crippen LogP) is 4.25. The number of halogens is 2. The third-order valence-corrected chi connectivity index (χ3v) is 11.4. The van der Waals surface area contributed by atoms with Gasteiger partial charge in [-0.2, -0.15) is 4.31 Å². The van der Waals surface area contributed by atoms with Crippen LogP contribution in [-0.2, 0) is 21.4 Å². The van der Waals surface area contributed by atoms with Crippen LogP contribution < -0.4 is 10.5 Å². The fraction of sp³-hybridized carbons (Fsp3) is 0.303. The van der Waals surface area contributed by atoms with E-state index in [0.717, 1.165) is 0 Å². The first-order valence-electron chi connectivity index (χ1n) is 15.3. The zero-order chi connectivity index (χ0) is 34.2. The number of hydrogen-bond donors (Lipinski definition) is 2. The summed E-state index contributed by atoms with van der Waals surface area (Å²) in [6.45, 7) is 2.99. The van der Waals surface area contributed by atoms with E-state index in [4.69, 9.17) is 39.1 Å². The first-order valence-corrected chi connectivity index (χ1v) is 17.5. The van der Waals surface area contributed by atoms with Crippen molar-refractivity contribution in [3.05, 3.63) is 93.2 Å². The number of amidine groups is 1. The molecule has 2 saturated heterocycles. The summed E-state index contributed by atoms with van der Waals surface area (Å²) >= 11 is 13.2. The predicted molar refractivity (Wildman–Crippen MR) is 182 cm³/mol. The number of sulfonamides is 1. The largest absolute Gasteiger partial charge is 0.486 e. The Balaban J connectivity index is 1.15. The second-order valence-electron chi connectivity index (χ2n) is 11.6. The first-order chi connectivity index (χ1) is 23.0. The van der Waals surface area contributed by atoms with Crippen LogP contribution in [0.15, 0.2) is 65.7 Å². The van der Waals surface area contributed by atoms with Gasteiger partial charge in [0, 0.05) is 60.6 Å². The van der Waals surface area contributed by atoms with Crippen molar-refractivity contribution in [2.75, 3.05) is 32.7 Å². The maximum atomic E-state index is 14.1. The maximum Gasteiger partial charge on any atom is 0.253 e. The van der Waals surface area contributed by atoms with Gasteiger partial charge in [0.05, 0.1) is 16.2 Å². The summed E-state index contributed by atoms with van der Waals surface area (Å²) in [6, 6.07) is 13.7. The normalized spacial score (nSPS) is 17.1. The number of carbonyl (C=O) groups is 2. The summed E-state index contributed by atoms with van der Waals surface area (Å²) in [5.74, 6) is -0.139. The number of amides is 2. The number of aryl methyl sites for hydroxylation is 1. The number of nitrogens with zero attached hydrogens (tertiary/aromatic N) is 5. The lowest BCUT2D eigenvalue weighted by atomic mass is 10.1. The molecule has 48 heavy (non-hydrogen) atoms. The molecule has 1 atom stereocenters. The summed E-state index contributed by atoms with van der Waals surface area (Å²) in [4.78, 5) is 38.8. The lowest BCUT2D eigenvalue weighted by molar-refractivity contribution is -0.136. The molecular formula is C33H33Cl2N7O5S. The molecule has 250 valence electrons. The van der Waals surface area contributed by atoms with E-state index in [2.05, 4.69) is 9.97 Å². The van der Waals surface area contributed by atoms with E-state index in [0.29, 0.717) is 59.5 Å². The average Bonchev–Trinajstić information content (AvgIpc) is 3.59. The SMILES string of the molecule is Cc1cnc2cccc(OCc3c(Cl)ccc(S(=O)(=O)N4CCCC4C(=O)N4CCN(C(=O)c5ccc(C(=N)N)cc5)CC4)c3Cl)c2n1. The molecule has 3 N–H and O–H groups in total. The third-order valence-electron chi connectivity index (χ3n) is 8.58. The van der Waals surface area contributed by atoms with Gasteiger partial charge in [0.1, 0.15) is 34.6 Å². The number of ether oxygens (including phenoxy) is 1. The van der Waals surface area contributed by atoms with Crippen molar-refractivity contribution in [2.45, 2.75) is 37.3 Å². The topological polar surface area (TPSA) is 163 Å². The number of hydrogen-bond acceptors (Lipinski definition) is 8. The number of benzene rings is 3. The molecule has 0 bridgehead atoms. The van der Waals surface area contributed by atoms with Crippen LogP contribution in [0.5, 0.6) is 5.75 Å². The Hall–Kier alpha value is -4.30. The minimum atomic E-state index is -4.21. The number of aromatic nitrogens is 2. The van der Waals surface area contributed by atoms with E-state index < -0.39 is 16.1 Å². The van der Waals surface area contributed by atoms with E-state index in [-0.39, 0.29) is 64.4 Å². The van der Waals surface area contributed by atoms with Crippen molar-refractivity contribution in [1.82, 2.24) is 24.1 Å². The Kier molecular flexibility index (Phi) is 9.57. The molecule has 15 heteroatoms. The van der Waals surface area contributed by atoms with Crippen LogP contribution in [-0.4, -0.2) is 88.9 Å². The zero-order valence-electron chi connectivity index (χ0n) is 26.0. The Morgan fingerprint density at radius 2 is 1.67 bits per heavy atom. The van der Waals surface area contributed by atoms with E-state index >= 15 is 0 Å². The standard InChI is InChI=1S/C33H33Cl2N7O5S/c1-20-18-38-25-4-2-6-27(30(25)39-20)47-19-23-24(34)11-12-28(29(23)35)48(45,46)42-13-3-5-26(42)33(44)41-16-14-40(15-17-41)32(43)22-9-7-21(8-10-22)31(36)37/h2,4,6-12,18,26H,3,5,13-17,19H2,1H3,(H3,36,37). The lowest BCUT2D eigenvalue weighted by Gasteiger charge is -2.37. The van der Waals surface area contributed by atoms with E-state index in [1.165, 1.54) is 16.4 Å². The number of rotatable bonds is 8. The molecule has 3 heterocycles. The Bertz CT molecular complexity index is 2020. The highest BCUT2D eigenvalue weighted by molar-refractivity contribution is 7.89. The highest BCUT2D eigenvalue weighted by atomic mass is 35.5. The second kappa shape index (κ2) is 13.7. The van der Waals surface area contributed by atoms with E-state index in [1.54, 1.807) is 52.4 Å². The molecule has 6 rings (SSSR count). The van der Waals surface area contributed by atoms with Crippen molar-refractivity contribution in [2.24, 2.45) is 5.73 Å². The molecule has 0 radical (unpaired) electrons. The second-order valence-corrected chi connectivity index (χ2v) is 14.3. The molecule has 2 amide bonds. The maximum absolute atomic E-state index is 14.1. The van der Waals surface area contributed by atoms with Gasteiger partial charge in [-0.05, 0) is 56.2 Å². The Labute approximate surface area is 288 Å². The molecule has 2 fully saturated rings. The van der Waals surface area contributed by atoms with Crippen LogP contribution in [0.3, 0.4) is 0 Å². The van der Waals surface area contributed by atoms with E-state index in [1.807, 2.05) is 13.0 Å². The summed E-state index contributed by atoms with van der Waals surface area (Å²) in [5.41, 5.74) is 8.69. The highest BCUT2D eigenvalue weighted by Crippen LogP contribution is 2.37. The molecular weight excluding hydrogens is 677 g/mol. The fourth-order valence-corrected chi connectivity index (χ4v) is 8.50. The van der Waals surface area contributed by atoms with Crippen LogP contribution in [0, 0.1) is 12.3 Å². The van der Waals surface area contributed by atoms with Gasteiger partial charge in [0.25, 0.3) is 5.91 Å². The molecule has 0 saturated carbocycles. The smallest absolute Gasteiger partial charge is 0.253 e. The van der Waals surface area contributed by atoms with Crippen molar-refractivity contribution < 1.29 is 22.7 Å². The van der Waals surface area contributed by atoms with Gasteiger partial charge in [0.15, 0.2) is 0 Å². The molecule has 2 aliphatic rings. The third kappa shape index (κ3) is 6.55. The number of carbonyl (C=O) groups excluding carboxylic acids is 2. The molecule has 3 aromatic carbocycles. The highest BCUT2D eigenvalue weighted by Gasteiger charge is 2.43. The van der Waals surface area contributed by atoms with Crippen LogP contribution >= 0.6 is 23.2 Å². The first kappa shape index (κ1) is 33.6. The average molecular weight is 711 g/mol. The number of nitrogen functional groups attached to an aromatic ring is 1. The molecule has 2 aliphatic heterocycles. The number of para-hydroxylation sites is 1. The zero-order valence-corrected chi connectivity index (χ0v) is 28.4. The summed E-state index contributed by atoms with van der Waals surface area (Å²) < 4.78 is 35.4. The van der Waals surface area contributed by atoms with E-state index in [9.17, 15) is 18.0 Å². The van der Waals surface area contributed by atoms with Crippen LogP contribution in [0.25, 0.3) is 11.0 Å². The summed E-state index contributed by atoms with van der Waals surface area (Å²) in [7, 11) is -4.21. The van der Waals surface area contributed by atoms with Crippen molar-refractivity contribution >= 4 is 61.9 Å². The minimum absolute atomic E-state index is 0.0773.